The molecule has 1 saturated heterocycles. The van der Waals surface area contributed by atoms with Gasteiger partial charge in [-0.05, 0) is 44.9 Å². The van der Waals surface area contributed by atoms with Gasteiger partial charge in [0.15, 0.2) is 0 Å². The van der Waals surface area contributed by atoms with Gasteiger partial charge < -0.3 is 10.6 Å². The predicted molar refractivity (Wildman–Crippen MR) is 80.6 cm³/mol. The van der Waals surface area contributed by atoms with Crippen molar-refractivity contribution in [3.63, 3.8) is 0 Å². The lowest BCUT2D eigenvalue weighted by Crippen LogP contribution is -2.50. The van der Waals surface area contributed by atoms with Crippen LogP contribution in [-0.2, 0) is 4.79 Å². The zero-order chi connectivity index (χ0) is 12.1. The largest absolute Gasteiger partial charge is 0.352 e. The second kappa shape index (κ2) is 8.28. The third-order valence-electron chi connectivity index (χ3n) is 3.93. The van der Waals surface area contributed by atoms with Crippen LogP contribution >= 0.6 is 24.2 Å². The molecule has 1 amide bonds. The molecule has 2 aliphatic rings. The third kappa shape index (κ3) is 4.63. The van der Waals surface area contributed by atoms with Crippen LogP contribution in [0.2, 0.25) is 0 Å². The molecule has 106 valence electrons. The first-order valence-corrected chi connectivity index (χ1v) is 8.15. The van der Waals surface area contributed by atoms with Crippen molar-refractivity contribution >= 4 is 30.1 Å². The minimum atomic E-state index is 0. The Labute approximate surface area is 121 Å². The van der Waals surface area contributed by atoms with Crippen molar-refractivity contribution in [2.24, 2.45) is 0 Å². The van der Waals surface area contributed by atoms with Gasteiger partial charge in [0.2, 0.25) is 5.91 Å². The molecule has 0 bridgehead atoms. The quantitative estimate of drug-likeness (QED) is 0.839. The highest BCUT2D eigenvalue weighted by atomic mass is 35.5. The Hall–Kier alpha value is 0.0700. The van der Waals surface area contributed by atoms with Crippen molar-refractivity contribution in [3.05, 3.63) is 0 Å². The second-order valence-corrected chi connectivity index (χ2v) is 6.37. The molecule has 2 unspecified atom stereocenters. The molecule has 1 aliphatic carbocycles. The van der Waals surface area contributed by atoms with Gasteiger partial charge in [-0.25, -0.2) is 0 Å². The van der Waals surface area contributed by atoms with Crippen LogP contribution in [0.15, 0.2) is 0 Å². The van der Waals surface area contributed by atoms with Gasteiger partial charge in [-0.3, -0.25) is 4.79 Å². The van der Waals surface area contributed by atoms with E-state index in [0.717, 1.165) is 31.1 Å². The summed E-state index contributed by atoms with van der Waals surface area (Å²) in [5.41, 5.74) is 0. The fraction of sp³-hybridized carbons (Fsp3) is 0.923. The number of hydrogen-bond acceptors (Lipinski definition) is 3. The average molecular weight is 293 g/mol. The fourth-order valence-corrected chi connectivity index (χ4v) is 3.69. The van der Waals surface area contributed by atoms with Crippen LogP contribution in [0.1, 0.15) is 44.9 Å². The Bertz CT molecular complexity index is 259. The van der Waals surface area contributed by atoms with E-state index in [1.165, 1.54) is 25.7 Å². The van der Waals surface area contributed by atoms with Crippen molar-refractivity contribution in [3.8, 4) is 0 Å². The number of thioether (sulfide) groups is 1. The maximum Gasteiger partial charge on any atom is 0.237 e. The van der Waals surface area contributed by atoms with Crippen molar-refractivity contribution in [2.75, 3.05) is 12.8 Å². The summed E-state index contributed by atoms with van der Waals surface area (Å²) >= 11 is 1.95. The first kappa shape index (κ1) is 16.1. The molecule has 1 heterocycles. The molecule has 2 N–H and O–H groups in total. The summed E-state index contributed by atoms with van der Waals surface area (Å²) in [4.78, 5) is 12.1. The van der Waals surface area contributed by atoms with Crippen LogP contribution in [-0.4, -0.2) is 36.0 Å². The van der Waals surface area contributed by atoms with E-state index in [4.69, 9.17) is 0 Å². The van der Waals surface area contributed by atoms with Crippen LogP contribution < -0.4 is 10.6 Å². The van der Waals surface area contributed by atoms with E-state index in [1.807, 2.05) is 11.8 Å². The molecular weight excluding hydrogens is 268 g/mol. The van der Waals surface area contributed by atoms with Gasteiger partial charge in [0.05, 0.1) is 6.04 Å². The molecule has 2 rings (SSSR count). The summed E-state index contributed by atoms with van der Waals surface area (Å²) in [5, 5.41) is 7.30. The number of halogens is 1. The number of hydrogen-bond donors (Lipinski definition) is 2. The molecule has 1 aliphatic heterocycles. The average Bonchev–Trinajstić information content (AvgIpc) is 2.40. The van der Waals surface area contributed by atoms with E-state index in [-0.39, 0.29) is 24.4 Å². The van der Waals surface area contributed by atoms with Crippen molar-refractivity contribution in [1.29, 1.82) is 0 Å². The number of carbonyl (C=O) groups is 1. The van der Waals surface area contributed by atoms with Gasteiger partial charge in [-0.2, -0.15) is 11.8 Å². The van der Waals surface area contributed by atoms with E-state index in [0.29, 0.717) is 6.04 Å². The van der Waals surface area contributed by atoms with E-state index in [1.54, 1.807) is 0 Å². The van der Waals surface area contributed by atoms with Gasteiger partial charge >= 0.3 is 0 Å². The van der Waals surface area contributed by atoms with E-state index in [2.05, 4.69) is 16.9 Å². The summed E-state index contributed by atoms with van der Waals surface area (Å²) in [5.74, 6) is 0.233. The fourth-order valence-electron chi connectivity index (χ4n) is 2.87. The van der Waals surface area contributed by atoms with Crippen molar-refractivity contribution < 1.29 is 4.79 Å². The number of carbonyl (C=O) groups excluding carboxylic acids is 1. The zero-order valence-electron chi connectivity index (χ0n) is 11.1. The maximum absolute atomic E-state index is 12.1. The van der Waals surface area contributed by atoms with Crippen LogP contribution in [0.3, 0.4) is 0 Å². The smallest absolute Gasteiger partial charge is 0.237 e. The van der Waals surface area contributed by atoms with Gasteiger partial charge in [0, 0.05) is 11.3 Å². The van der Waals surface area contributed by atoms with Crippen LogP contribution in [0.5, 0.6) is 0 Å². The Balaban J connectivity index is 0.00000162. The molecular formula is C13H25ClN2OS. The molecule has 1 saturated carbocycles. The van der Waals surface area contributed by atoms with E-state index >= 15 is 0 Å². The monoisotopic (exact) mass is 292 g/mol. The minimum Gasteiger partial charge on any atom is -0.352 e. The standard InChI is InChI=1S/C13H24N2OS.ClH/c1-17-11-6-4-5-10(9-11)15-13(16)12-7-2-3-8-14-12;/h10-12,14H,2-9H2,1H3,(H,15,16);1H/t10?,11?,12-;/m1./s1. The molecule has 0 radical (unpaired) electrons. The molecule has 0 aromatic heterocycles. The summed E-state index contributed by atoms with van der Waals surface area (Å²) < 4.78 is 0. The summed E-state index contributed by atoms with van der Waals surface area (Å²) in [7, 11) is 0. The highest BCUT2D eigenvalue weighted by Crippen LogP contribution is 2.27. The molecule has 5 heteroatoms. The van der Waals surface area contributed by atoms with Crippen LogP contribution in [0, 0.1) is 0 Å². The summed E-state index contributed by atoms with van der Waals surface area (Å²) in [6.45, 7) is 0.996. The van der Waals surface area contributed by atoms with Gasteiger partial charge in [0.1, 0.15) is 0 Å². The normalized spacial score (nSPS) is 32.4. The highest BCUT2D eigenvalue weighted by molar-refractivity contribution is 7.99. The first-order chi connectivity index (χ1) is 8.29. The number of rotatable bonds is 3. The summed E-state index contributed by atoms with van der Waals surface area (Å²) in [6.07, 6.45) is 10.5. The van der Waals surface area contributed by atoms with Crippen molar-refractivity contribution in [1.82, 2.24) is 10.6 Å². The van der Waals surface area contributed by atoms with E-state index < -0.39 is 0 Å². The molecule has 0 aromatic rings. The number of amides is 1. The number of piperidine rings is 1. The van der Waals surface area contributed by atoms with Crippen LogP contribution in [0.25, 0.3) is 0 Å². The summed E-state index contributed by atoms with van der Waals surface area (Å²) in [6, 6.07) is 0.482. The van der Waals surface area contributed by atoms with Crippen molar-refractivity contribution in [2.45, 2.75) is 62.3 Å². The SMILES string of the molecule is CSC1CCCC(NC(=O)[C@H]2CCCCN2)C1.Cl. The number of nitrogens with one attached hydrogen (secondary N) is 2. The van der Waals surface area contributed by atoms with Gasteiger partial charge in [-0.1, -0.05) is 12.8 Å². The lowest BCUT2D eigenvalue weighted by atomic mass is 9.94. The van der Waals surface area contributed by atoms with Gasteiger partial charge in [-0.15, -0.1) is 12.4 Å². The molecule has 3 atom stereocenters. The molecule has 0 aromatic carbocycles. The lowest BCUT2D eigenvalue weighted by Gasteiger charge is -2.31. The Kier molecular flexibility index (Phi) is 7.42. The van der Waals surface area contributed by atoms with Crippen LogP contribution in [0.4, 0.5) is 0 Å². The zero-order valence-corrected chi connectivity index (χ0v) is 12.7. The minimum absolute atomic E-state index is 0. The Morgan fingerprint density at radius 3 is 2.72 bits per heavy atom. The first-order valence-electron chi connectivity index (χ1n) is 6.86. The second-order valence-electron chi connectivity index (χ2n) is 5.23. The molecule has 18 heavy (non-hydrogen) atoms. The maximum atomic E-state index is 12.1. The topological polar surface area (TPSA) is 41.1 Å². The predicted octanol–water partition coefficient (Wildman–Crippen LogP) is 2.34. The van der Waals surface area contributed by atoms with E-state index in [9.17, 15) is 4.79 Å². The molecule has 0 spiro atoms. The Morgan fingerprint density at radius 2 is 2.06 bits per heavy atom. The van der Waals surface area contributed by atoms with Gasteiger partial charge in [0.25, 0.3) is 0 Å². The third-order valence-corrected chi connectivity index (χ3v) is 5.03. The molecule has 3 nitrogen and oxygen atoms in total. The lowest BCUT2D eigenvalue weighted by molar-refractivity contribution is -0.124. The highest BCUT2D eigenvalue weighted by Gasteiger charge is 2.26. The Morgan fingerprint density at radius 1 is 1.22 bits per heavy atom. The molecule has 2 fully saturated rings.